The number of amides is 1. The number of benzene rings is 2. The molecule has 0 aliphatic heterocycles. The molecule has 0 radical (unpaired) electrons. The summed E-state index contributed by atoms with van der Waals surface area (Å²) < 4.78 is 0.984. The van der Waals surface area contributed by atoms with Gasteiger partial charge in [0.2, 0.25) is 5.91 Å². The first-order valence-electron chi connectivity index (χ1n) is 7.36. The van der Waals surface area contributed by atoms with Crippen molar-refractivity contribution in [3.8, 4) is 0 Å². The number of nitrogens with one attached hydrogen (secondary N) is 2. The van der Waals surface area contributed by atoms with E-state index in [1.165, 1.54) is 12.5 Å². The highest BCUT2D eigenvalue weighted by Gasteiger charge is 2.05. The lowest BCUT2D eigenvalue weighted by molar-refractivity contribution is -0.115. The highest BCUT2D eigenvalue weighted by atomic mass is 79.9. The smallest absolute Gasteiger partial charge is 0.226 e. The van der Waals surface area contributed by atoms with E-state index in [4.69, 9.17) is 0 Å². The van der Waals surface area contributed by atoms with Crippen molar-refractivity contribution in [3.05, 3.63) is 58.1 Å². The summed E-state index contributed by atoms with van der Waals surface area (Å²) in [4.78, 5) is 23.1. The summed E-state index contributed by atoms with van der Waals surface area (Å²) in [5.41, 5.74) is 3.47. The number of carbonyl (C=O) groups is 2. The number of rotatable bonds is 6. The molecule has 0 spiro atoms. The molecule has 4 nitrogen and oxygen atoms in total. The number of aryl methyl sites for hydroxylation is 1. The summed E-state index contributed by atoms with van der Waals surface area (Å²) in [6.45, 7) is 4.08. The molecule has 0 fully saturated rings. The number of anilines is 2. The summed E-state index contributed by atoms with van der Waals surface area (Å²) in [6, 6.07) is 12.9. The van der Waals surface area contributed by atoms with E-state index in [9.17, 15) is 9.59 Å². The van der Waals surface area contributed by atoms with E-state index in [-0.39, 0.29) is 11.7 Å². The molecule has 1 amide bonds. The van der Waals surface area contributed by atoms with Crippen LogP contribution in [0.1, 0.15) is 29.3 Å². The molecule has 2 aromatic rings. The van der Waals surface area contributed by atoms with Gasteiger partial charge in [-0.25, -0.2) is 0 Å². The van der Waals surface area contributed by atoms with Crippen LogP contribution in [0.15, 0.2) is 46.9 Å². The summed E-state index contributed by atoms with van der Waals surface area (Å²) >= 11 is 3.50. The van der Waals surface area contributed by atoms with Crippen molar-refractivity contribution in [2.45, 2.75) is 20.3 Å². The Balaban J connectivity index is 1.82. The maximum atomic E-state index is 11.9. The number of Topliss-reactive ketones (excluding diaryl/α,β-unsaturated/α-hetero) is 1. The maximum Gasteiger partial charge on any atom is 0.226 e. The second kappa shape index (κ2) is 7.92. The molecule has 0 aromatic heterocycles. The van der Waals surface area contributed by atoms with Gasteiger partial charge in [0.05, 0.1) is 0 Å². The van der Waals surface area contributed by atoms with Crippen LogP contribution in [0.3, 0.4) is 0 Å². The Morgan fingerprint density at radius 2 is 1.78 bits per heavy atom. The van der Waals surface area contributed by atoms with E-state index in [2.05, 4.69) is 26.6 Å². The molecule has 0 heterocycles. The fraction of sp³-hybridized carbons (Fsp3) is 0.222. The number of hydrogen-bond donors (Lipinski definition) is 2. The summed E-state index contributed by atoms with van der Waals surface area (Å²) in [5.74, 6) is -0.0629. The van der Waals surface area contributed by atoms with E-state index >= 15 is 0 Å². The lowest BCUT2D eigenvalue weighted by atomic mass is 10.1. The van der Waals surface area contributed by atoms with E-state index in [0.29, 0.717) is 24.2 Å². The van der Waals surface area contributed by atoms with Gasteiger partial charge in [-0.3, -0.25) is 9.59 Å². The monoisotopic (exact) mass is 374 g/mol. The van der Waals surface area contributed by atoms with Crippen LogP contribution in [0, 0.1) is 6.92 Å². The van der Waals surface area contributed by atoms with Crippen LogP contribution >= 0.6 is 15.9 Å². The Bertz CT molecular complexity index is 711. The van der Waals surface area contributed by atoms with Crippen molar-refractivity contribution >= 4 is 39.0 Å². The van der Waals surface area contributed by atoms with Crippen molar-refractivity contribution in [3.63, 3.8) is 0 Å². The molecule has 120 valence electrons. The molecule has 0 aliphatic carbocycles. The molecule has 0 saturated heterocycles. The first-order chi connectivity index (χ1) is 11.0. The molecule has 2 aromatic carbocycles. The maximum absolute atomic E-state index is 11.9. The SMILES string of the molecule is CC(=O)c1ccc(NC(=O)CCNc2ccc(C)cc2Br)cc1. The Morgan fingerprint density at radius 3 is 2.39 bits per heavy atom. The van der Waals surface area contributed by atoms with Crippen LogP contribution in [0.4, 0.5) is 11.4 Å². The zero-order valence-electron chi connectivity index (χ0n) is 13.2. The first-order valence-corrected chi connectivity index (χ1v) is 8.16. The van der Waals surface area contributed by atoms with Crippen molar-refractivity contribution < 1.29 is 9.59 Å². The standard InChI is InChI=1S/C18H19BrN2O2/c1-12-3-8-17(16(19)11-12)20-10-9-18(23)21-15-6-4-14(5-7-15)13(2)22/h3-8,11,20H,9-10H2,1-2H3,(H,21,23). The van der Waals surface area contributed by atoms with Gasteiger partial charge in [-0.1, -0.05) is 6.07 Å². The Morgan fingerprint density at radius 1 is 1.09 bits per heavy atom. The predicted octanol–water partition coefficient (Wildman–Crippen LogP) is 4.40. The Kier molecular flexibility index (Phi) is 5.93. The number of hydrogen-bond acceptors (Lipinski definition) is 3. The zero-order valence-corrected chi connectivity index (χ0v) is 14.7. The van der Waals surface area contributed by atoms with E-state index in [0.717, 1.165) is 10.2 Å². The summed E-state index contributed by atoms with van der Waals surface area (Å²) in [5, 5.41) is 6.04. The normalized spacial score (nSPS) is 10.2. The van der Waals surface area contributed by atoms with Crippen molar-refractivity contribution in [1.29, 1.82) is 0 Å². The van der Waals surface area contributed by atoms with Gasteiger partial charge in [-0.2, -0.15) is 0 Å². The van der Waals surface area contributed by atoms with Crippen LogP contribution in [-0.4, -0.2) is 18.2 Å². The molecule has 0 unspecified atom stereocenters. The van der Waals surface area contributed by atoms with E-state index in [1.807, 2.05) is 25.1 Å². The number of carbonyl (C=O) groups excluding carboxylic acids is 2. The van der Waals surface area contributed by atoms with Crippen LogP contribution in [-0.2, 0) is 4.79 Å². The van der Waals surface area contributed by atoms with Gasteiger partial charge in [0.1, 0.15) is 0 Å². The Hall–Kier alpha value is -2.14. The molecule has 2 rings (SSSR count). The van der Waals surface area contributed by atoms with Gasteiger partial charge in [-0.05, 0) is 71.7 Å². The second-order valence-corrected chi connectivity index (χ2v) is 6.20. The highest BCUT2D eigenvalue weighted by molar-refractivity contribution is 9.10. The minimum Gasteiger partial charge on any atom is -0.384 e. The average molecular weight is 375 g/mol. The van der Waals surface area contributed by atoms with Crippen LogP contribution in [0.2, 0.25) is 0 Å². The minimum atomic E-state index is -0.0729. The highest BCUT2D eigenvalue weighted by Crippen LogP contribution is 2.23. The van der Waals surface area contributed by atoms with Gasteiger partial charge < -0.3 is 10.6 Å². The van der Waals surface area contributed by atoms with Crippen LogP contribution < -0.4 is 10.6 Å². The number of halogens is 1. The number of ketones is 1. The quantitative estimate of drug-likeness (QED) is 0.736. The molecular weight excluding hydrogens is 356 g/mol. The molecule has 2 N–H and O–H groups in total. The third kappa shape index (κ3) is 5.21. The molecule has 23 heavy (non-hydrogen) atoms. The van der Waals surface area contributed by atoms with Gasteiger partial charge in [-0.15, -0.1) is 0 Å². The zero-order chi connectivity index (χ0) is 16.8. The predicted molar refractivity (Wildman–Crippen MR) is 97.1 cm³/mol. The van der Waals surface area contributed by atoms with E-state index < -0.39 is 0 Å². The molecule has 0 atom stereocenters. The molecule has 5 heteroatoms. The molecule has 0 aliphatic rings. The lowest BCUT2D eigenvalue weighted by Crippen LogP contribution is -2.16. The molecule has 0 bridgehead atoms. The van der Waals surface area contributed by atoms with Crippen molar-refractivity contribution in [1.82, 2.24) is 0 Å². The van der Waals surface area contributed by atoms with Gasteiger partial charge >= 0.3 is 0 Å². The lowest BCUT2D eigenvalue weighted by Gasteiger charge is -2.10. The van der Waals surface area contributed by atoms with Crippen LogP contribution in [0.25, 0.3) is 0 Å². The van der Waals surface area contributed by atoms with Crippen LogP contribution in [0.5, 0.6) is 0 Å². The van der Waals surface area contributed by atoms with Crippen molar-refractivity contribution in [2.75, 3.05) is 17.2 Å². The molecule has 0 saturated carbocycles. The van der Waals surface area contributed by atoms with Gasteiger partial charge in [0.25, 0.3) is 0 Å². The minimum absolute atomic E-state index is 0.00995. The third-order valence-corrected chi connectivity index (χ3v) is 4.02. The summed E-state index contributed by atoms with van der Waals surface area (Å²) in [7, 11) is 0. The second-order valence-electron chi connectivity index (χ2n) is 5.34. The fourth-order valence-electron chi connectivity index (χ4n) is 2.09. The first kappa shape index (κ1) is 17.2. The Labute approximate surface area is 144 Å². The fourth-order valence-corrected chi connectivity index (χ4v) is 2.72. The summed E-state index contributed by atoms with van der Waals surface area (Å²) in [6.07, 6.45) is 0.356. The largest absolute Gasteiger partial charge is 0.384 e. The van der Waals surface area contributed by atoms with Crippen molar-refractivity contribution in [2.24, 2.45) is 0 Å². The van der Waals surface area contributed by atoms with Gasteiger partial charge in [0.15, 0.2) is 5.78 Å². The molecular formula is C18H19BrN2O2. The van der Waals surface area contributed by atoms with Gasteiger partial charge in [0, 0.05) is 34.4 Å². The average Bonchev–Trinajstić information content (AvgIpc) is 2.50. The van der Waals surface area contributed by atoms with E-state index in [1.54, 1.807) is 24.3 Å². The third-order valence-electron chi connectivity index (χ3n) is 3.37. The topological polar surface area (TPSA) is 58.2 Å².